The van der Waals surface area contributed by atoms with Gasteiger partial charge in [0.15, 0.2) is 6.07 Å². The van der Waals surface area contributed by atoms with E-state index in [1.165, 1.54) is 6.07 Å². The van der Waals surface area contributed by atoms with E-state index >= 15 is 0 Å². The van der Waals surface area contributed by atoms with Crippen LogP contribution in [0.15, 0.2) is 18.2 Å². The Kier molecular flexibility index (Phi) is 2.33. The molecule has 0 aliphatic carbocycles. The summed E-state index contributed by atoms with van der Waals surface area (Å²) in [5.41, 5.74) is 2.15. The van der Waals surface area contributed by atoms with Crippen molar-refractivity contribution in [1.82, 2.24) is 0 Å². The standard InChI is InChI=1S/C11H9N3O2/c1-13-8-2-3-9-7(4-8)5-10(15)14(9)11(16)6-12/h2-4,13H,5H2,1H3. The van der Waals surface area contributed by atoms with Gasteiger partial charge in [-0.25, -0.2) is 4.90 Å². The predicted molar refractivity (Wildman–Crippen MR) is 57.8 cm³/mol. The number of hydrogen-bond donors (Lipinski definition) is 1. The van der Waals surface area contributed by atoms with E-state index in [0.29, 0.717) is 5.69 Å². The molecule has 0 atom stereocenters. The van der Waals surface area contributed by atoms with Gasteiger partial charge in [-0.2, -0.15) is 5.26 Å². The molecule has 1 aliphatic heterocycles. The first kappa shape index (κ1) is 10.2. The molecule has 0 bridgehead atoms. The van der Waals surface area contributed by atoms with Crippen molar-refractivity contribution in [3.63, 3.8) is 0 Å². The maximum absolute atomic E-state index is 11.6. The van der Waals surface area contributed by atoms with Gasteiger partial charge < -0.3 is 5.32 Å². The number of carbonyl (C=O) groups excluding carboxylic acids is 2. The molecule has 0 aromatic heterocycles. The lowest BCUT2D eigenvalue weighted by Crippen LogP contribution is -2.32. The van der Waals surface area contributed by atoms with Crippen molar-refractivity contribution in [2.75, 3.05) is 17.3 Å². The second-order valence-electron chi connectivity index (χ2n) is 3.42. The first-order valence-electron chi connectivity index (χ1n) is 4.75. The molecule has 0 radical (unpaired) electrons. The van der Waals surface area contributed by atoms with Crippen LogP contribution in [0, 0.1) is 11.3 Å². The molecule has 0 fully saturated rings. The summed E-state index contributed by atoms with van der Waals surface area (Å²) in [7, 11) is 1.77. The Hall–Kier alpha value is -2.35. The SMILES string of the molecule is CNc1ccc2c(c1)CC(=O)N2C(=O)C#N. The quantitative estimate of drug-likeness (QED) is 0.699. The van der Waals surface area contributed by atoms with E-state index in [0.717, 1.165) is 16.2 Å². The summed E-state index contributed by atoms with van der Waals surface area (Å²) in [6.45, 7) is 0. The Bertz CT molecular complexity index is 516. The van der Waals surface area contributed by atoms with Crippen LogP contribution in [-0.2, 0) is 16.0 Å². The number of fused-ring (bicyclic) bond motifs is 1. The number of carbonyl (C=O) groups is 2. The van der Waals surface area contributed by atoms with Crippen LogP contribution in [0.3, 0.4) is 0 Å². The average Bonchev–Trinajstić information content (AvgIpc) is 2.62. The van der Waals surface area contributed by atoms with Crippen molar-refractivity contribution in [1.29, 1.82) is 5.26 Å². The van der Waals surface area contributed by atoms with Crippen LogP contribution >= 0.6 is 0 Å². The van der Waals surface area contributed by atoms with E-state index in [1.807, 2.05) is 0 Å². The van der Waals surface area contributed by atoms with E-state index in [1.54, 1.807) is 25.2 Å². The largest absolute Gasteiger partial charge is 0.388 e. The molecule has 0 saturated heterocycles. The van der Waals surface area contributed by atoms with Gasteiger partial charge in [0.25, 0.3) is 0 Å². The third-order valence-electron chi connectivity index (χ3n) is 2.50. The first-order chi connectivity index (χ1) is 7.67. The lowest BCUT2D eigenvalue weighted by molar-refractivity contribution is -0.122. The van der Waals surface area contributed by atoms with E-state index in [4.69, 9.17) is 5.26 Å². The minimum Gasteiger partial charge on any atom is -0.388 e. The molecule has 5 heteroatoms. The number of nitriles is 1. The third kappa shape index (κ3) is 1.41. The summed E-state index contributed by atoms with van der Waals surface area (Å²) in [5, 5.41) is 11.5. The maximum atomic E-state index is 11.6. The number of hydrogen-bond acceptors (Lipinski definition) is 4. The molecule has 1 aromatic rings. The summed E-state index contributed by atoms with van der Waals surface area (Å²) in [6, 6.07) is 6.69. The number of anilines is 2. The van der Waals surface area contributed by atoms with E-state index in [9.17, 15) is 9.59 Å². The molecule has 1 aliphatic rings. The average molecular weight is 215 g/mol. The fraction of sp³-hybridized carbons (Fsp3) is 0.182. The highest BCUT2D eigenvalue weighted by molar-refractivity contribution is 6.23. The van der Waals surface area contributed by atoms with Gasteiger partial charge in [0.1, 0.15) is 0 Å². The van der Waals surface area contributed by atoms with Gasteiger partial charge in [0, 0.05) is 12.7 Å². The molecule has 0 spiro atoms. The number of nitrogens with one attached hydrogen (secondary N) is 1. The summed E-state index contributed by atoms with van der Waals surface area (Å²) in [5.74, 6) is -1.18. The Morgan fingerprint density at radius 2 is 2.31 bits per heavy atom. The van der Waals surface area contributed by atoms with Gasteiger partial charge in [-0.3, -0.25) is 9.59 Å². The molecular formula is C11H9N3O2. The maximum Gasteiger partial charge on any atom is 0.336 e. The predicted octanol–water partition coefficient (Wildman–Crippen LogP) is 0.668. The fourth-order valence-corrected chi connectivity index (χ4v) is 1.75. The lowest BCUT2D eigenvalue weighted by Gasteiger charge is -2.11. The molecule has 2 amide bonds. The minimum atomic E-state index is -0.832. The summed E-state index contributed by atoms with van der Waals surface area (Å²) in [4.78, 5) is 23.8. The number of amides is 2. The lowest BCUT2D eigenvalue weighted by atomic mass is 10.1. The zero-order chi connectivity index (χ0) is 11.7. The Labute approximate surface area is 92.3 Å². The molecule has 80 valence electrons. The molecule has 1 N–H and O–H groups in total. The zero-order valence-electron chi connectivity index (χ0n) is 8.65. The summed E-state index contributed by atoms with van der Waals surface area (Å²) >= 11 is 0. The van der Waals surface area contributed by atoms with Gasteiger partial charge in [0.2, 0.25) is 5.91 Å². The molecule has 5 nitrogen and oxygen atoms in total. The molecular weight excluding hydrogens is 206 g/mol. The third-order valence-corrected chi connectivity index (χ3v) is 2.50. The highest BCUT2D eigenvalue weighted by atomic mass is 16.2. The van der Waals surface area contributed by atoms with E-state index < -0.39 is 5.91 Å². The van der Waals surface area contributed by atoms with Crippen LogP contribution in [0.5, 0.6) is 0 Å². The highest BCUT2D eigenvalue weighted by Gasteiger charge is 2.32. The number of benzene rings is 1. The van der Waals surface area contributed by atoms with Crippen molar-refractivity contribution in [3.8, 4) is 6.07 Å². The highest BCUT2D eigenvalue weighted by Crippen LogP contribution is 2.31. The van der Waals surface area contributed by atoms with Crippen LogP contribution in [0.25, 0.3) is 0 Å². The van der Waals surface area contributed by atoms with Crippen LogP contribution in [0.2, 0.25) is 0 Å². The molecule has 0 saturated carbocycles. The normalized spacial score (nSPS) is 13.2. The van der Waals surface area contributed by atoms with Crippen molar-refractivity contribution in [3.05, 3.63) is 23.8 Å². The minimum absolute atomic E-state index is 0.165. The van der Waals surface area contributed by atoms with Crippen molar-refractivity contribution >= 4 is 23.2 Å². The van der Waals surface area contributed by atoms with Gasteiger partial charge in [-0.1, -0.05) is 0 Å². The fourth-order valence-electron chi connectivity index (χ4n) is 1.75. The molecule has 16 heavy (non-hydrogen) atoms. The zero-order valence-corrected chi connectivity index (χ0v) is 8.65. The van der Waals surface area contributed by atoms with Crippen LogP contribution in [0.4, 0.5) is 11.4 Å². The smallest absolute Gasteiger partial charge is 0.336 e. The summed E-state index contributed by atoms with van der Waals surface area (Å²) < 4.78 is 0. The van der Waals surface area contributed by atoms with Gasteiger partial charge >= 0.3 is 5.91 Å². The van der Waals surface area contributed by atoms with Gasteiger partial charge in [-0.15, -0.1) is 0 Å². The van der Waals surface area contributed by atoms with Crippen molar-refractivity contribution in [2.45, 2.75) is 6.42 Å². The number of nitrogens with zero attached hydrogens (tertiary/aromatic N) is 2. The Balaban J connectivity index is 2.47. The van der Waals surface area contributed by atoms with Crippen LogP contribution in [-0.4, -0.2) is 18.9 Å². The van der Waals surface area contributed by atoms with E-state index in [2.05, 4.69) is 5.32 Å². The number of rotatable bonds is 1. The molecule has 0 unspecified atom stereocenters. The molecule has 1 heterocycles. The monoisotopic (exact) mass is 215 g/mol. The second kappa shape index (κ2) is 3.66. The number of imide groups is 1. The van der Waals surface area contributed by atoms with Crippen LogP contribution < -0.4 is 10.2 Å². The second-order valence-corrected chi connectivity index (χ2v) is 3.42. The van der Waals surface area contributed by atoms with Gasteiger partial charge in [-0.05, 0) is 23.8 Å². The first-order valence-corrected chi connectivity index (χ1v) is 4.75. The molecule has 2 rings (SSSR count). The topological polar surface area (TPSA) is 73.2 Å². The van der Waals surface area contributed by atoms with Crippen LogP contribution in [0.1, 0.15) is 5.56 Å². The summed E-state index contributed by atoms with van der Waals surface area (Å²) in [6.07, 6.45) is 0.165. The Morgan fingerprint density at radius 1 is 1.56 bits per heavy atom. The van der Waals surface area contributed by atoms with Gasteiger partial charge in [0.05, 0.1) is 12.1 Å². The van der Waals surface area contributed by atoms with E-state index in [-0.39, 0.29) is 12.3 Å². The van der Waals surface area contributed by atoms with Crippen molar-refractivity contribution < 1.29 is 9.59 Å². The molecule has 1 aromatic carbocycles. The van der Waals surface area contributed by atoms with Crippen molar-refractivity contribution in [2.24, 2.45) is 0 Å². The Morgan fingerprint density at radius 3 is 2.94 bits per heavy atom.